The second kappa shape index (κ2) is 5.97. The average molecular weight is 263 g/mol. The Kier molecular flexibility index (Phi) is 4.31. The number of nitrogens with zero attached hydrogens (tertiary/aromatic N) is 4. The standard InChI is InChI=1S/C13H21N5O/c1-14-12-8-15-11(7-16-12)13(19)18-6-4-5-10(18)9-17(2)3/h7-8,10H,4-6,9H2,1-3H3,(H,14,16). The molecule has 0 radical (unpaired) electrons. The third kappa shape index (κ3) is 3.20. The van der Waals surface area contributed by atoms with Gasteiger partial charge in [-0.05, 0) is 26.9 Å². The number of likely N-dealkylation sites (tertiary alicyclic amines) is 1. The van der Waals surface area contributed by atoms with E-state index in [2.05, 4.69) is 20.2 Å². The zero-order chi connectivity index (χ0) is 13.8. The van der Waals surface area contributed by atoms with E-state index in [1.807, 2.05) is 19.0 Å². The largest absolute Gasteiger partial charge is 0.372 e. The van der Waals surface area contributed by atoms with Crippen molar-refractivity contribution in [3.05, 3.63) is 18.1 Å². The summed E-state index contributed by atoms with van der Waals surface area (Å²) in [5.41, 5.74) is 0.421. The Morgan fingerprint density at radius 3 is 2.84 bits per heavy atom. The summed E-state index contributed by atoms with van der Waals surface area (Å²) in [5.74, 6) is 0.655. The Hall–Kier alpha value is -1.69. The molecule has 0 saturated carbocycles. The fourth-order valence-electron chi connectivity index (χ4n) is 2.43. The summed E-state index contributed by atoms with van der Waals surface area (Å²) in [7, 11) is 5.84. The van der Waals surface area contributed by atoms with E-state index in [4.69, 9.17) is 0 Å². The highest BCUT2D eigenvalue weighted by molar-refractivity contribution is 5.92. The highest BCUT2D eigenvalue weighted by Crippen LogP contribution is 2.20. The van der Waals surface area contributed by atoms with Crippen LogP contribution in [0.3, 0.4) is 0 Å². The van der Waals surface area contributed by atoms with E-state index in [0.717, 1.165) is 25.9 Å². The molecule has 1 fully saturated rings. The second-order valence-electron chi connectivity index (χ2n) is 5.09. The molecule has 1 aliphatic rings. The van der Waals surface area contributed by atoms with Gasteiger partial charge in [0.1, 0.15) is 11.5 Å². The lowest BCUT2D eigenvalue weighted by Gasteiger charge is -2.26. The molecular formula is C13H21N5O. The first kappa shape index (κ1) is 13.7. The number of hydrogen-bond donors (Lipinski definition) is 1. The first-order chi connectivity index (χ1) is 9.11. The monoisotopic (exact) mass is 263 g/mol. The molecule has 1 aromatic heterocycles. The van der Waals surface area contributed by atoms with Crippen LogP contribution in [0.4, 0.5) is 5.82 Å². The van der Waals surface area contributed by atoms with Crippen LogP contribution in [0.25, 0.3) is 0 Å². The molecule has 0 bridgehead atoms. The molecule has 1 unspecified atom stereocenters. The Labute approximate surface area is 113 Å². The minimum Gasteiger partial charge on any atom is -0.372 e. The number of carbonyl (C=O) groups is 1. The summed E-state index contributed by atoms with van der Waals surface area (Å²) in [5, 5.41) is 2.89. The van der Waals surface area contributed by atoms with Crippen molar-refractivity contribution in [1.29, 1.82) is 0 Å². The molecule has 1 atom stereocenters. The number of nitrogens with one attached hydrogen (secondary N) is 1. The van der Waals surface area contributed by atoms with E-state index in [-0.39, 0.29) is 11.9 Å². The number of anilines is 1. The van der Waals surface area contributed by atoms with Crippen LogP contribution in [0.15, 0.2) is 12.4 Å². The van der Waals surface area contributed by atoms with Gasteiger partial charge in [0.2, 0.25) is 0 Å². The molecular weight excluding hydrogens is 242 g/mol. The lowest BCUT2D eigenvalue weighted by Crippen LogP contribution is -2.41. The zero-order valence-electron chi connectivity index (χ0n) is 11.8. The van der Waals surface area contributed by atoms with Gasteiger partial charge in [-0.15, -0.1) is 0 Å². The van der Waals surface area contributed by atoms with Crippen molar-refractivity contribution in [3.63, 3.8) is 0 Å². The van der Waals surface area contributed by atoms with Crippen LogP contribution in [-0.4, -0.2) is 65.9 Å². The first-order valence-corrected chi connectivity index (χ1v) is 6.57. The van der Waals surface area contributed by atoms with Gasteiger partial charge in [0.05, 0.1) is 12.4 Å². The number of likely N-dealkylation sites (N-methyl/N-ethyl adjacent to an activating group) is 1. The molecule has 19 heavy (non-hydrogen) atoms. The van der Waals surface area contributed by atoms with Gasteiger partial charge < -0.3 is 15.1 Å². The molecule has 2 rings (SSSR count). The summed E-state index contributed by atoms with van der Waals surface area (Å²) in [6.45, 7) is 1.71. The van der Waals surface area contributed by atoms with E-state index in [1.165, 1.54) is 0 Å². The van der Waals surface area contributed by atoms with Crippen LogP contribution >= 0.6 is 0 Å². The average Bonchev–Trinajstić information content (AvgIpc) is 2.85. The lowest BCUT2D eigenvalue weighted by molar-refractivity contribution is 0.0710. The van der Waals surface area contributed by atoms with Gasteiger partial charge in [-0.2, -0.15) is 0 Å². The van der Waals surface area contributed by atoms with Crippen LogP contribution < -0.4 is 5.32 Å². The summed E-state index contributed by atoms with van der Waals surface area (Å²) in [4.78, 5) is 24.8. The molecule has 104 valence electrons. The van der Waals surface area contributed by atoms with Crippen molar-refractivity contribution in [2.75, 3.05) is 39.5 Å². The normalized spacial score (nSPS) is 18.9. The molecule has 1 aromatic rings. The van der Waals surface area contributed by atoms with Crippen molar-refractivity contribution in [2.24, 2.45) is 0 Å². The van der Waals surface area contributed by atoms with Crippen molar-refractivity contribution in [3.8, 4) is 0 Å². The fraction of sp³-hybridized carbons (Fsp3) is 0.615. The smallest absolute Gasteiger partial charge is 0.274 e. The zero-order valence-corrected chi connectivity index (χ0v) is 11.8. The SMILES string of the molecule is CNc1cnc(C(=O)N2CCCC2CN(C)C)cn1. The van der Waals surface area contributed by atoms with E-state index in [9.17, 15) is 4.79 Å². The number of amides is 1. The minimum atomic E-state index is -0.0143. The van der Waals surface area contributed by atoms with Crippen LogP contribution in [0.1, 0.15) is 23.3 Å². The van der Waals surface area contributed by atoms with Crippen LogP contribution in [0.5, 0.6) is 0 Å². The van der Waals surface area contributed by atoms with E-state index in [1.54, 1.807) is 19.4 Å². The van der Waals surface area contributed by atoms with Crippen LogP contribution in [-0.2, 0) is 0 Å². The van der Waals surface area contributed by atoms with Crippen molar-refractivity contribution in [2.45, 2.75) is 18.9 Å². The highest BCUT2D eigenvalue weighted by Gasteiger charge is 2.30. The fourth-order valence-corrected chi connectivity index (χ4v) is 2.43. The quantitative estimate of drug-likeness (QED) is 0.866. The summed E-state index contributed by atoms with van der Waals surface area (Å²) >= 11 is 0. The maximum Gasteiger partial charge on any atom is 0.274 e. The lowest BCUT2D eigenvalue weighted by atomic mass is 10.2. The minimum absolute atomic E-state index is 0.0143. The topological polar surface area (TPSA) is 61.4 Å². The summed E-state index contributed by atoms with van der Waals surface area (Å²) < 4.78 is 0. The first-order valence-electron chi connectivity index (χ1n) is 6.57. The maximum absolute atomic E-state index is 12.4. The predicted octanol–water partition coefficient (Wildman–Crippen LogP) is 0.684. The Morgan fingerprint density at radius 2 is 2.26 bits per heavy atom. The van der Waals surface area contributed by atoms with E-state index in [0.29, 0.717) is 11.5 Å². The van der Waals surface area contributed by atoms with Gasteiger partial charge in [-0.1, -0.05) is 0 Å². The van der Waals surface area contributed by atoms with Gasteiger partial charge >= 0.3 is 0 Å². The molecule has 6 nitrogen and oxygen atoms in total. The van der Waals surface area contributed by atoms with Crippen LogP contribution in [0.2, 0.25) is 0 Å². The predicted molar refractivity (Wildman–Crippen MR) is 74.2 cm³/mol. The number of hydrogen-bond acceptors (Lipinski definition) is 5. The van der Waals surface area contributed by atoms with E-state index >= 15 is 0 Å². The number of carbonyl (C=O) groups excluding carboxylic acids is 1. The molecule has 1 N–H and O–H groups in total. The summed E-state index contributed by atoms with van der Waals surface area (Å²) in [6, 6.07) is 0.285. The van der Waals surface area contributed by atoms with Gasteiger partial charge in [0.25, 0.3) is 5.91 Å². The molecule has 1 aliphatic heterocycles. The van der Waals surface area contributed by atoms with Gasteiger partial charge in [0, 0.05) is 26.2 Å². The number of rotatable bonds is 4. The highest BCUT2D eigenvalue weighted by atomic mass is 16.2. The van der Waals surface area contributed by atoms with Gasteiger partial charge in [-0.25, -0.2) is 9.97 Å². The van der Waals surface area contributed by atoms with Gasteiger partial charge in [0.15, 0.2) is 0 Å². The molecule has 1 saturated heterocycles. The van der Waals surface area contributed by atoms with Crippen molar-refractivity contribution >= 4 is 11.7 Å². The Bertz CT molecular complexity index is 431. The molecule has 0 spiro atoms. The van der Waals surface area contributed by atoms with Crippen molar-refractivity contribution in [1.82, 2.24) is 19.8 Å². The van der Waals surface area contributed by atoms with Gasteiger partial charge in [-0.3, -0.25) is 4.79 Å². The summed E-state index contributed by atoms with van der Waals surface area (Å²) in [6.07, 6.45) is 5.25. The van der Waals surface area contributed by atoms with Crippen LogP contribution in [0, 0.1) is 0 Å². The van der Waals surface area contributed by atoms with E-state index < -0.39 is 0 Å². The maximum atomic E-state index is 12.4. The van der Waals surface area contributed by atoms with Crippen molar-refractivity contribution < 1.29 is 4.79 Å². The third-order valence-corrected chi connectivity index (χ3v) is 3.34. The number of aromatic nitrogens is 2. The molecule has 6 heteroatoms. The molecule has 2 heterocycles. The second-order valence-corrected chi connectivity index (χ2v) is 5.09. The molecule has 0 aromatic carbocycles. The third-order valence-electron chi connectivity index (χ3n) is 3.34. The molecule has 1 amide bonds. The Morgan fingerprint density at radius 1 is 1.47 bits per heavy atom. The Balaban J connectivity index is 2.09. The molecule has 0 aliphatic carbocycles.